The number of rotatable bonds is 7. The number of carbonyl (C=O) groups is 1. The molecule has 0 unspecified atom stereocenters. The molecule has 3 aromatic carbocycles. The van der Waals surface area contributed by atoms with Crippen molar-refractivity contribution in [2.75, 3.05) is 6.54 Å². The third-order valence-corrected chi connectivity index (χ3v) is 7.82. The minimum Gasteiger partial charge on any atom is -0.338 e. The van der Waals surface area contributed by atoms with Gasteiger partial charge in [0.15, 0.2) is 0 Å². The van der Waals surface area contributed by atoms with E-state index in [1.165, 1.54) is 12.1 Å². The Kier molecular flexibility index (Phi) is 6.86. The highest BCUT2D eigenvalue weighted by Crippen LogP contribution is 2.30. The molecular formula is C24H22Cl2N2O3S. The Hall–Kier alpha value is -2.38. The van der Waals surface area contributed by atoms with Crippen molar-refractivity contribution in [3.05, 3.63) is 87.9 Å². The van der Waals surface area contributed by atoms with Crippen molar-refractivity contribution >= 4 is 39.1 Å². The fourth-order valence-corrected chi connectivity index (χ4v) is 5.97. The van der Waals surface area contributed by atoms with Crippen LogP contribution in [0.1, 0.15) is 24.0 Å². The molecule has 1 amide bonds. The van der Waals surface area contributed by atoms with E-state index in [9.17, 15) is 13.2 Å². The number of nitrogens with zero attached hydrogens (tertiary/aromatic N) is 1. The Bertz CT molecular complexity index is 1220. The van der Waals surface area contributed by atoms with Gasteiger partial charge in [-0.15, -0.1) is 0 Å². The highest BCUT2D eigenvalue weighted by atomic mass is 35.5. The molecule has 1 heterocycles. The molecule has 3 aromatic rings. The molecule has 8 heteroatoms. The first-order valence-electron chi connectivity index (χ1n) is 10.2. The molecule has 32 heavy (non-hydrogen) atoms. The van der Waals surface area contributed by atoms with Crippen molar-refractivity contribution in [2.45, 2.75) is 30.8 Å². The predicted octanol–water partition coefficient (Wildman–Crippen LogP) is 5.26. The Labute approximate surface area is 198 Å². The van der Waals surface area contributed by atoms with E-state index in [1.807, 2.05) is 53.4 Å². The van der Waals surface area contributed by atoms with E-state index in [1.54, 1.807) is 6.07 Å². The number of benzene rings is 3. The van der Waals surface area contributed by atoms with Crippen molar-refractivity contribution < 1.29 is 13.2 Å². The molecule has 5 nitrogen and oxygen atoms in total. The summed E-state index contributed by atoms with van der Waals surface area (Å²) in [5.41, 5.74) is 3.77. The second-order valence-corrected chi connectivity index (χ2v) is 10.2. The maximum atomic E-state index is 12.8. The van der Waals surface area contributed by atoms with Gasteiger partial charge in [0.25, 0.3) is 0 Å². The van der Waals surface area contributed by atoms with Gasteiger partial charge in [0.05, 0.1) is 10.0 Å². The zero-order valence-electron chi connectivity index (χ0n) is 17.2. The van der Waals surface area contributed by atoms with Gasteiger partial charge in [0.2, 0.25) is 15.9 Å². The molecule has 0 radical (unpaired) electrons. The van der Waals surface area contributed by atoms with E-state index in [-0.39, 0.29) is 27.4 Å². The summed E-state index contributed by atoms with van der Waals surface area (Å²) in [6.07, 6.45) is 1.54. The number of sulfonamides is 1. The zero-order chi connectivity index (χ0) is 22.7. The average Bonchev–Trinajstić information content (AvgIpc) is 3.17. The van der Waals surface area contributed by atoms with E-state index in [0.717, 1.165) is 35.2 Å². The number of hydrogen-bond donors (Lipinski definition) is 1. The van der Waals surface area contributed by atoms with Gasteiger partial charge in [-0.25, -0.2) is 13.1 Å². The van der Waals surface area contributed by atoms with Crippen LogP contribution in [-0.2, 0) is 27.9 Å². The molecule has 1 N–H and O–H groups in total. The SMILES string of the molecule is O=C1CCCN1Cc1ccc(-c2ccccc2CNS(=O)(=O)c2c(Cl)cccc2Cl)cc1. The molecule has 0 bridgehead atoms. The van der Waals surface area contributed by atoms with Crippen molar-refractivity contribution in [3.8, 4) is 11.1 Å². The molecule has 166 valence electrons. The molecule has 1 aliphatic rings. The summed E-state index contributed by atoms with van der Waals surface area (Å²) in [7, 11) is -3.90. The van der Waals surface area contributed by atoms with Crippen LogP contribution in [0.5, 0.6) is 0 Å². The predicted molar refractivity (Wildman–Crippen MR) is 127 cm³/mol. The van der Waals surface area contributed by atoms with Gasteiger partial charge in [-0.05, 0) is 40.8 Å². The fraction of sp³-hybridized carbons (Fsp3) is 0.208. The molecule has 0 aromatic heterocycles. The maximum absolute atomic E-state index is 12.8. The summed E-state index contributed by atoms with van der Waals surface area (Å²) in [4.78, 5) is 13.6. The van der Waals surface area contributed by atoms with Crippen LogP contribution in [0.3, 0.4) is 0 Å². The van der Waals surface area contributed by atoms with Crippen LogP contribution < -0.4 is 4.72 Å². The van der Waals surface area contributed by atoms with Crippen LogP contribution in [0, 0.1) is 0 Å². The van der Waals surface area contributed by atoms with Crippen molar-refractivity contribution in [1.82, 2.24) is 9.62 Å². The Morgan fingerprint density at radius 1 is 0.906 bits per heavy atom. The Morgan fingerprint density at radius 2 is 1.59 bits per heavy atom. The minimum atomic E-state index is -3.90. The van der Waals surface area contributed by atoms with Crippen LogP contribution in [0.25, 0.3) is 11.1 Å². The zero-order valence-corrected chi connectivity index (χ0v) is 19.6. The number of amides is 1. The lowest BCUT2D eigenvalue weighted by atomic mass is 9.98. The first-order chi connectivity index (χ1) is 15.3. The normalized spacial score (nSPS) is 14.2. The average molecular weight is 489 g/mol. The quantitative estimate of drug-likeness (QED) is 0.492. The van der Waals surface area contributed by atoms with Gasteiger partial charge < -0.3 is 4.90 Å². The van der Waals surface area contributed by atoms with E-state index in [2.05, 4.69) is 4.72 Å². The van der Waals surface area contributed by atoms with Gasteiger partial charge in [0, 0.05) is 26.1 Å². The summed E-state index contributed by atoms with van der Waals surface area (Å²) in [6, 6.07) is 20.2. The van der Waals surface area contributed by atoms with Crippen LogP contribution >= 0.6 is 23.2 Å². The van der Waals surface area contributed by atoms with E-state index >= 15 is 0 Å². The smallest absolute Gasteiger partial charge is 0.243 e. The molecule has 4 rings (SSSR count). The van der Waals surface area contributed by atoms with Gasteiger partial charge >= 0.3 is 0 Å². The number of carbonyl (C=O) groups excluding carboxylic acids is 1. The first-order valence-corrected chi connectivity index (χ1v) is 12.5. The highest BCUT2D eigenvalue weighted by molar-refractivity contribution is 7.89. The number of nitrogens with one attached hydrogen (secondary N) is 1. The van der Waals surface area contributed by atoms with E-state index < -0.39 is 10.0 Å². The minimum absolute atomic E-state index is 0.0744. The van der Waals surface area contributed by atoms with E-state index in [0.29, 0.717) is 13.0 Å². The van der Waals surface area contributed by atoms with Gasteiger partial charge in [-0.3, -0.25) is 4.79 Å². The van der Waals surface area contributed by atoms with Crippen molar-refractivity contribution in [2.24, 2.45) is 0 Å². The Balaban J connectivity index is 1.52. The number of hydrogen-bond acceptors (Lipinski definition) is 3. The van der Waals surface area contributed by atoms with Crippen LogP contribution in [0.15, 0.2) is 71.6 Å². The third-order valence-electron chi connectivity index (χ3n) is 5.47. The van der Waals surface area contributed by atoms with Gasteiger partial charge in [-0.2, -0.15) is 0 Å². The summed E-state index contributed by atoms with van der Waals surface area (Å²) >= 11 is 12.2. The lowest BCUT2D eigenvalue weighted by molar-refractivity contribution is -0.128. The summed E-state index contributed by atoms with van der Waals surface area (Å²) < 4.78 is 28.2. The van der Waals surface area contributed by atoms with Crippen LogP contribution in [0.4, 0.5) is 0 Å². The fourth-order valence-electron chi connectivity index (χ4n) is 3.82. The summed E-state index contributed by atoms with van der Waals surface area (Å²) in [5, 5.41) is 0.149. The third kappa shape index (κ3) is 4.99. The molecule has 1 fully saturated rings. The molecule has 1 saturated heterocycles. The van der Waals surface area contributed by atoms with Crippen LogP contribution in [0.2, 0.25) is 10.0 Å². The van der Waals surface area contributed by atoms with E-state index in [4.69, 9.17) is 23.2 Å². The monoisotopic (exact) mass is 488 g/mol. The topological polar surface area (TPSA) is 66.5 Å². The summed E-state index contributed by atoms with van der Waals surface area (Å²) in [6.45, 7) is 1.50. The largest absolute Gasteiger partial charge is 0.338 e. The number of likely N-dealkylation sites (tertiary alicyclic amines) is 1. The van der Waals surface area contributed by atoms with Gasteiger partial charge in [0.1, 0.15) is 4.90 Å². The standard InChI is InChI=1S/C24H22Cl2N2O3S/c25-21-7-3-8-22(26)24(21)32(30,31)27-15-19-5-1-2-6-20(19)18-12-10-17(11-13-18)16-28-14-4-9-23(28)29/h1-3,5-8,10-13,27H,4,9,14-16H2. The highest BCUT2D eigenvalue weighted by Gasteiger charge is 2.22. The summed E-state index contributed by atoms with van der Waals surface area (Å²) in [5.74, 6) is 0.199. The number of halogens is 2. The molecule has 0 aliphatic carbocycles. The lowest BCUT2D eigenvalue weighted by Gasteiger charge is -2.16. The first kappa shape index (κ1) is 22.8. The molecule has 1 aliphatic heterocycles. The molecule has 0 saturated carbocycles. The molecular weight excluding hydrogens is 467 g/mol. The lowest BCUT2D eigenvalue weighted by Crippen LogP contribution is -2.24. The van der Waals surface area contributed by atoms with Crippen LogP contribution in [-0.4, -0.2) is 25.8 Å². The maximum Gasteiger partial charge on any atom is 0.243 e. The second kappa shape index (κ2) is 9.63. The van der Waals surface area contributed by atoms with Crippen molar-refractivity contribution in [3.63, 3.8) is 0 Å². The molecule has 0 atom stereocenters. The second-order valence-electron chi connectivity index (χ2n) is 7.65. The molecule has 0 spiro atoms. The van der Waals surface area contributed by atoms with Gasteiger partial charge in [-0.1, -0.05) is 77.8 Å². The van der Waals surface area contributed by atoms with Crippen molar-refractivity contribution in [1.29, 1.82) is 0 Å². The Morgan fingerprint density at radius 3 is 2.25 bits per heavy atom.